The molecule has 0 aromatic rings. The van der Waals surface area contributed by atoms with Crippen molar-refractivity contribution in [1.29, 1.82) is 0 Å². The van der Waals surface area contributed by atoms with Gasteiger partial charge in [0.1, 0.15) is 5.78 Å². The Balaban J connectivity index is 0. The molecule has 3 nitrogen and oxygen atoms in total. The Bertz CT molecular complexity index is 168. The van der Waals surface area contributed by atoms with Crippen molar-refractivity contribution in [1.82, 2.24) is 9.80 Å². The number of Topliss-reactive ketones (excluding diaryl/α,β-unsaturated/α-hetero) is 1. The third-order valence-corrected chi connectivity index (χ3v) is 2.76. The summed E-state index contributed by atoms with van der Waals surface area (Å²) in [6, 6.07) is 0. The van der Waals surface area contributed by atoms with Gasteiger partial charge in [0, 0.05) is 19.5 Å². The molecular formula is C14H32N2O. The van der Waals surface area contributed by atoms with E-state index in [0.717, 1.165) is 45.6 Å². The van der Waals surface area contributed by atoms with Crippen LogP contribution < -0.4 is 0 Å². The topological polar surface area (TPSA) is 23.6 Å². The van der Waals surface area contributed by atoms with Gasteiger partial charge in [-0.05, 0) is 40.0 Å². The van der Waals surface area contributed by atoms with Gasteiger partial charge in [0.15, 0.2) is 0 Å². The summed E-state index contributed by atoms with van der Waals surface area (Å²) in [6.07, 6.45) is 1.71. The highest BCUT2D eigenvalue weighted by molar-refractivity contribution is 5.75. The van der Waals surface area contributed by atoms with Crippen LogP contribution in [0.5, 0.6) is 0 Å². The smallest absolute Gasteiger partial charge is 0.129 e. The van der Waals surface area contributed by atoms with Gasteiger partial charge in [0.25, 0.3) is 0 Å². The fourth-order valence-electron chi connectivity index (χ4n) is 1.56. The zero-order valence-electron chi connectivity index (χ0n) is 12.8. The minimum absolute atomic E-state index is 0.298. The maximum atomic E-state index is 10.8. The second-order valence-electron chi connectivity index (χ2n) is 4.14. The maximum Gasteiger partial charge on any atom is 0.129 e. The summed E-state index contributed by atoms with van der Waals surface area (Å²) in [5.74, 6) is 0.298. The van der Waals surface area contributed by atoms with Gasteiger partial charge < -0.3 is 14.6 Å². The Morgan fingerprint density at radius 1 is 1.00 bits per heavy atom. The molecule has 0 aliphatic heterocycles. The fourth-order valence-corrected chi connectivity index (χ4v) is 1.56. The van der Waals surface area contributed by atoms with Crippen LogP contribution >= 0.6 is 0 Å². The van der Waals surface area contributed by atoms with E-state index in [-0.39, 0.29) is 0 Å². The first-order valence-electron chi connectivity index (χ1n) is 7.00. The molecular weight excluding hydrogens is 212 g/mol. The van der Waals surface area contributed by atoms with Crippen molar-refractivity contribution in [3.8, 4) is 0 Å². The van der Waals surface area contributed by atoms with Crippen LogP contribution in [0.25, 0.3) is 0 Å². The van der Waals surface area contributed by atoms with E-state index in [4.69, 9.17) is 0 Å². The van der Waals surface area contributed by atoms with Crippen molar-refractivity contribution in [3.63, 3.8) is 0 Å². The molecule has 0 amide bonds. The van der Waals surface area contributed by atoms with Crippen LogP contribution in [0.2, 0.25) is 0 Å². The van der Waals surface area contributed by atoms with E-state index in [0.29, 0.717) is 5.78 Å². The first kappa shape index (κ1) is 18.9. The van der Waals surface area contributed by atoms with Crippen molar-refractivity contribution in [3.05, 3.63) is 0 Å². The van der Waals surface area contributed by atoms with Crippen molar-refractivity contribution in [2.75, 3.05) is 39.8 Å². The van der Waals surface area contributed by atoms with E-state index >= 15 is 0 Å². The largest absolute Gasteiger partial charge is 0.305 e. The lowest BCUT2D eigenvalue weighted by molar-refractivity contribution is -0.117. The zero-order valence-corrected chi connectivity index (χ0v) is 12.8. The Morgan fingerprint density at radius 2 is 1.53 bits per heavy atom. The van der Waals surface area contributed by atoms with E-state index in [1.54, 1.807) is 6.92 Å². The van der Waals surface area contributed by atoms with Gasteiger partial charge in [-0.3, -0.25) is 0 Å². The zero-order chi connectivity index (χ0) is 13.7. The maximum absolute atomic E-state index is 10.8. The normalized spacial score (nSPS) is 10.4. The predicted octanol–water partition coefficient (Wildman–Crippen LogP) is 2.66. The lowest BCUT2D eigenvalue weighted by Gasteiger charge is -2.22. The van der Waals surface area contributed by atoms with Gasteiger partial charge in [-0.2, -0.15) is 0 Å². The lowest BCUT2D eigenvalue weighted by Crippen LogP contribution is -2.33. The molecule has 0 aromatic carbocycles. The lowest BCUT2D eigenvalue weighted by atomic mass is 10.2. The van der Waals surface area contributed by atoms with Gasteiger partial charge in [-0.25, -0.2) is 0 Å². The molecule has 0 saturated carbocycles. The van der Waals surface area contributed by atoms with Crippen LogP contribution in [-0.2, 0) is 4.79 Å². The van der Waals surface area contributed by atoms with Crippen LogP contribution in [0.1, 0.15) is 47.5 Å². The third-order valence-electron chi connectivity index (χ3n) is 2.76. The first-order valence-corrected chi connectivity index (χ1v) is 7.00. The van der Waals surface area contributed by atoms with Crippen molar-refractivity contribution in [2.24, 2.45) is 0 Å². The van der Waals surface area contributed by atoms with E-state index in [2.05, 4.69) is 30.7 Å². The molecule has 0 fully saturated rings. The molecule has 0 radical (unpaired) electrons. The third kappa shape index (κ3) is 13.5. The van der Waals surface area contributed by atoms with Gasteiger partial charge in [0.05, 0.1) is 0 Å². The highest BCUT2D eigenvalue weighted by Crippen LogP contribution is 1.95. The van der Waals surface area contributed by atoms with Crippen LogP contribution in [0.15, 0.2) is 0 Å². The number of rotatable bonds is 9. The summed E-state index contributed by atoms with van der Waals surface area (Å²) in [4.78, 5) is 15.5. The second kappa shape index (κ2) is 13.7. The van der Waals surface area contributed by atoms with Crippen LogP contribution in [-0.4, -0.2) is 55.4 Å². The summed E-state index contributed by atoms with van der Waals surface area (Å²) in [6.45, 7) is 15.5. The Morgan fingerprint density at radius 3 is 1.94 bits per heavy atom. The van der Waals surface area contributed by atoms with Crippen LogP contribution in [0.3, 0.4) is 0 Å². The molecule has 0 saturated heterocycles. The first-order chi connectivity index (χ1) is 8.10. The summed E-state index contributed by atoms with van der Waals surface area (Å²) >= 11 is 0. The Labute approximate surface area is 108 Å². The number of hydrogen-bond donors (Lipinski definition) is 0. The quantitative estimate of drug-likeness (QED) is 0.623. The van der Waals surface area contributed by atoms with E-state index in [1.807, 2.05) is 13.8 Å². The molecule has 104 valence electrons. The average Bonchev–Trinajstić information content (AvgIpc) is 2.32. The standard InChI is InChI=1S/C12H26N2O.C2H6/c1-5-14(6-2)11-10-13(4)9-7-8-12(3)15;1-2/h5-11H2,1-4H3;1-2H3. The molecule has 17 heavy (non-hydrogen) atoms. The average molecular weight is 244 g/mol. The number of hydrogen-bond acceptors (Lipinski definition) is 3. The van der Waals surface area contributed by atoms with Crippen LogP contribution in [0, 0.1) is 0 Å². The number of likely N-dealkylation sites (N-methyl/N-ethyl adjacent to an activating group) is 2. The molecule has 0 rings (SSSR count). The van der Waals surface area contributed by atoms with Gasteiger partial charge in [-0.15, -0.1) is 0 Å². The minimum atomic E-state index is 0.298. The van der Waals surface area contributed by atoms with Crippen molar-refractivity contribution >= 4 is 5.78 Å². The fraction of sp³-hybridized carbons (Fsp3) is 0.929. The van der Waals surface area contributed by atoms with Crippen LogP contribution in [0.4, 0.5) is 0 Å². The molecule has 0 heterocycles. The SMILES string of the molecule is CC.CCN(CC)CCN(C)CCCC(C)=O. The van der Waals surface area contributed by atoms with Gasteiger partial charge >= 0.3 is 0 Å². The minimum Gasteiger partial charge on any atom is -0.305 e. The monoisotopic (exact) mass is 244 g/mol. The molecule has 0 unspecified atom stereocenters. The molecule has 0 N–H and O–H groups in total. The summed E-state index contributed by atoms with van der Waals surface area (Å²) in [7, 11) is 2.13. The molecule has 0 spiro atoms. The van der Waals surface area contributed by atoms with E-state index in [1.165, 1.54) is 0 Å². The highest BCUT2D eigenvalue weighted by atomic mass is 16.1. The summed E-state index contributed by atoms with van der Waals surface area (Å²) in [5, 5.41) is 0. The van der Waals surface area contributed by atoms with Crippen molar-refractivity contribution < 1.29 is 4.79 Å². The van der Waals surface area contributed by atoms with Gasteiger partial charge in [0.2, 0.25) is 0 Å². The highest BCUT2D eigenvalue weighted by Gasteiger charge is 2.02. The number of ketones is 1. The molecule has 0 aliphatic carbocycles. The summed E-state index contributed by atoms with van der Waals surface area (Å²) < 4.78 is 0. The molecule has 0 aromatic heterocycles. The molecule has 0 aliphatic rings. The number of nitrogens with zero attached hydrogens (tertiary/aromatic N) is 2. The second-order valence-corrected chi connectivity index (χ2v) is 4.14. The number of carbonyl (C=O) groups excluding carboxylic acids is 1. The molecule has 0 bridgehead atoms. The van der Waals surface area contributed by atoms with Gasteiger partial charge in [-0.1, -0.05) is 27.7 Å². The van der Waals surface area contributed by atoms with E-state index < -0.39 is 0 Å². The Hall–Kier alpha value is -0.410. The molecule has 0 atom stereocenters. The molecule has 3 heteroatoms. The number of carbonyl (C=O) groups is 1. The van der Waals surface area contributed by atoms with E-state index in [9.17, 15) is 4.79 Å². The predicted molar refractivity (Wildman–Crippen MR) is 76.5 cm³/mol. The summed E-state index contributed by atoms with van der Waals surface area (Å²) in [5.41, 5.74) is 0. The van der Waals surface area contributed by atoms with Crippen molar-refractivity contribution in [2.45, 2.75) is 47.5 Å². The Kier molecular flexibility index (Phi) is 15.2.